The van der Waals surface area contributed by atoms with Gasteiger partial charge in [-0.25, -0.2) is 5.01 Å². The maximum Gasteiger partial charge on any atom is 0.270 e. The van der Waals surface area contributed by atoms with Gasteiger partial charge in [0.2, 0.25) is 5.22 Å². The number of hydrogen-bond donors (Lipinski definition) is 1. The summed E-state index contributed by atoms with van der Waals surface area (Å²) in [5.74, 6) is -0.279. The summed E-state index contributed by atoms with van der Waals surface area (Å²) in [6, 6.07) is 1.52. The summed E-state index contributed by atoms with van der Waals surface area (Å²) in [5.41, 5.74) is 2.87. The minimum Gasteiger partial charge on any atom is -0.452 e. The second-order valence-electron chi connectivity index (χ2n) is 2.44. The van der Waals surface area contributed by atoms with Crippen LogP contribution < -0.4 is 5.43 Å². The molecule has 0 atom stereocenters. The van der Waals surface area contributed by atoms with Crippen molar-refractivity contribution in [2.24, 2.45) is 0 Å². The van der Waals surface area contributed by atoms with E-state index in [2.05, 4.69) is 5.43 Å². The fourth-order valence-electron chi connectivity index (χ4n) is 0.719. The number of hydrogen-bond acceptors (Lipinski definition) is 3. The standard InChI is InChI=1S/C7H9ClN2O2/c1-10(2)9-7(11)5-3-4-12-6(5)8/h3-4H,1-2H3,(H,9,11). The van der Waals surface area contributed by atoms with Crippen LogP contribution in [0.2, 0.25) is 5.22 Å². The smallest absolute Gasteiger partial charge is 0.270 e. The molecule has 0 aliphatic carbocycles. The van der Waals surface area contributed by atoms with E-state index in [1.165, 1.54) is 17.3 Å². The zero-order valence-electron chi connectivity index (χ0n) is 6.80. The van der Waals surface area contributed by atoms with Crippen LogP contribution in [0.1, 0.15) is 10.4 Å². The van der Waals surface area contributed by atoms with Crippen LogP contribution in [0.15, 0.2) is 16.7 Å². The van der Waals surface area contributed by atoms with Crippen molar-refractivity contribution in [2.75, 3.05) is 14.1 Å². The van der Waals surface area contributed by atoms with Gasteiger partial charge in [-0.05, 0) is 17.7 Å². The monoisotopic (exact) mass is 188 g/mol. The van der Waals surface area contributed by atoms with Crippen molar-refractivity contribution in [2.45, 2.75) is 0 Å². The van der Waals surface area contributed by atoms with Crippen LogP contribution in [0, 0.1) is 0 Å². The minimum absolute atomic E-state index is 0.106. The van der Waals surface area contributed by atoms with Crippen LogP contribution >= 0.6 is 11.6 Å². The summed E-state index contributed by atoms with van der Waals surface area (Å²) in [5, 5.41) is 1.64. The van der Waals surface area contributed by atoms with Crippen LogP contribution in [-0.2, 0) is 0 Å². The predicted octanol–water partition coefficient (Wildman–Crippen LogP) is 1.14. The number of amides is 1. The molecule has 0 bridgehead atoms. The molecule has 0 spiro atoms. The molecule has 1 heterocycles. The summed E-state index contributed by atoms with van der Waals surface area (Å²) in [7, 11) is 3.43. The van der Waals surface area contributed by atoms with E-state index in [0.29, 0.717) is 5.56 Å². The lowest BCUT2D eigenvalue weighted by Gasteiger charge is -2.10. The van der Waals surface area contributed by atoms with Gasteiger partial charge in [0.1, 0.15) is 0 Å². The number of hydrazine groups is 1. The van der Waals surface area contributed by atoms with Crippen LogP contribution in [0.3, 0.4) is 0 Å². The first-order chi connectivity index (χ1) is 5.61. The second kappa shape index (κ2) is 3.60. The lowest BCUT2D eigenvalue weighted by atomic mass is 10.3. The zero-order valence-corrected chi connectivity index (χ0v) is 7.55. The van der Waals surface area contributed by atoms with E-state index in [-0.39, 0.29) is 11.1 Å². The number of nitrogens with one attached hydrogen (secondary N) is 1. The molecule has 0 aromatic carbocycles. The lowest BCUT2D eigenvalue weighted by Crippen LogP contribution is -2.35. The van der Waals surface area contributed by atoms with Gasteiger partial charge in [0, 0.05) is 14.1 Å². The first-order valence-electron chi connectivity index (χ1n) is 3.32. The molecule has 0 aliphatic rings. The molecule has 0 saturated carbocycles. The Morgan fingerprint density at radius 1 is 1.67 bits per heavy atom. The molecule has 66 valence electrons. The molecule has 12 heavy (non-hydrogen) atoms. The first kappa shape index (κ1) is 9.09. The largest absolute Gasteiger partial charge is 0.452 e. The Balaban J connectivity index is 2.72. The van der Waals surface area contributed by atoms with Gasteiger partial charge in [-0.15, -0.1) is 0 Å². The van der Waals surface area contributed by atoms with Gasteiger partial charge >= 0.3 is 0 Å². The van der Waals surface area contributed by atoms with Gasteiger partial charge in [-0.1, -0.05) is 0 Å². The fraction of sp³-hybridized carbons (Fsp3) is 0.286. The molecule has 0 fully saturated rings. The maximum absolute atomic E-state index is 11.2. The van der Waals surface area contributed by atoms with Crippen LogP contribution in [0.25, 0.3) is 0 Å². The van der Waals surface area contributed by atoms with E-state index in [0.717, 1.165) is 0 Å². The summed E-state index contributed by atoms with van der Waals surface area (Å²) >= 11 is 5.57. The molecule has 4 nitrogen and oxygen atoms in total. The van der Waals surface area contributed by atoms with Gasteiger partial charge in [0.25, 0.3) is 5.91 Å². The number of carbonyl (C=O) groups excluding carboxylic acids is 1. The van der Waals surface area contributed by atoms with Crippen molar-refractivity contribution < 1.29 is 9.21 Å². The third-order valence-corrected chi connectivity index (χ3v) is 1.48. The molecular weight excluding hydrogens is 180 g/mol. The van der Waals surface area contributed by atoms with Crippen molar-refractivity contribution >= 4 is 17.5 Å². The molecule has 1 aromatic heterocycles. The molecule has 1 amide bonds. The summed E-state index contributed by atoms with van der Waals surface area (Å²) in [6.45, 7) is 0. The van der Waals surface area contributed by atoms with Gasteiger partial charge in [-0.2, -0.15) is 0 Å². The highest BCUT2D eigenvalue weighted by Gasteiger charge is 2.12. The molecule has 1 aromatic rings. The predicted molar refractivity (Wildman–Crippen MR) is 44.9 cm³/mol. The fourth-order valence-corrected chi connectivity index (χ4v) is 0.919. The van der Waals surface area contributed by atoms with Gasteiger partial charge in [-0.3, -0.25) is 10.2 Å². The van der Waals surface area contributed by atoms with Gasteiger partial charge in [0.05, 0.1) is 11.8 Å². The number of halogens is 1. The van der Waals surface area contributed by atoms with E-state index < -0.39 is 0 Å². The van der Waals surface area contributed by atoms with E-state index in [1.807, 2.05) is 0 Å². The van der Waals surface area contributed by atoms with E-state index >= 15 is 0 Å². The average molecular weight is 189 g/mol. The van der Waals surface area contributed by atoms with E-state index in [1.54, 1.807) is 14.1 Å². The van der Waals surface area contributed by atoms with Gasteiger partial charge < -0.3 is 4.42 Å². The van der Waals surface area contributed by atoms with Gasteiger partial charge in [0.15, 0.2) is 0 Å². The summed E-state index contributed by atoms with van der Waals surface area (Å²) in [4.78, 5) is 11.2. The summed E-state index contributed by atoms with van der Waals surface area (Å²) < 4.78 is 4.75. The number of carbonyl (C=O) groups is 1. The highest BCUT2D eigenvalue weighted by atomic mass is 35.5. The molecule has 1 rings (SSSR count). The Morgan fingerprint density at radius 3 is 2.75 bits per heavy atom. The molecule has 5 heteroatoms. The van der Waals surface area contributed by atoms with Crippen molar-refractivity contribution in [3.8, 4) is 0 Å². The second-order valence-corrected chi connectivity index (χ2v) is 2.79. The first-order valence-corrected chi connectivity index (χ1v) is 3.70. The molecular formula is C7H9ClN2O2. The third kappa shape index (κ3) is 1.99. The Kier molecular flexibility index (Phi) is 2.73. The number of rotatable bonds is 2. The quantitative estimate of drug-likeness (QED) is 0.708. The Hall–Kier alpha value is -1.00. The zero-order chi connectivity index (χ0) is 9.14. The normalized spacial score (nSPS) is 10.3. The topological polar surface area (TPSA) is 45.5 Å². The van der Waals surface area contributed by atoms with E-state index in [4.69, 9.17) is 16.0 Å². The molecule has 0 saturated heterocycles. The van der Waals surface area contributed by atoms with Crippen LogP contribution in [0.5, 0.6) is 0 Å². The lowest BCUT2D eigenvalue weighted by molar-refractivity contribution is 0.0856. The molecule has 0 aliphatic heterocycles. The number of furan rings is 1. The Morgan fingerprint density at radius 2 is 2.33 bits per heavy atom. The highest BCUT2D eigenvalue weighted by Crippen LogP contribution is 2.15. The minimum atomic E-state index is -0.279. The van der Waals surface area contributed by atoms with Crippen molar-refractivity contribution in [1.82, 2.24) is 10.4 Å². The SMILES string of the molecule is CN(C)NC(=O)c1ccoc1Cl. The number of nitrogens with zero attached hydrogens (tertiary/aromatic N) is 1. The molecule has 0 radical (unpaired) electrons. The molecule has 1 N–H and O–H groups in total. The van der Waals surface area contributed by atoms with E-state index in [9.17, 15) is 4.79 Å². The summed E-state index contributed by atoms with van der Waals surface area (Å²) in [6.07, 6.45) is 1.37. The average Bonchev–Trinajstić information content (AvgIpc) is 2.33. The van der Waals surface area contributed by atoms with Crippen molar-refractivity contribution in [3.05, 3.63) is 23.1 Å². The van der Waals surface area contributed by atoms with Crippen LogP contribution in [-0.4, -0.2) is 25.0 Å². The maximum atomic E-state index is 11.2. The van der Waals surface area contributed by atoms with Crippen molar-refractivity contribution in [3.63, 3.8) is 0 Å². The third-order valence-electron chi connectivity index (χ3n) is 1.19. The highest BCUT2D eigenvalue weighted by molar-refractivity contribution is 6.32. The Bertz CT molecular complexity index is 283. The Labute approximate surface area is 75.1 Å². The van der Waals surface area contributed by atoms with Crippen molar-refractivity contribution in [1.29, 1.82) is 0 Å². The molecule has 0 unspecified atom stereocenters. The van der Waals surface area contributed by atoms with Crippen LogP contribution in [0.4, 0.5) is 0 Å².